The van der Waals surface area contributed by atoms with Crippen molar-refractivity contribution < 1.29 is 24.0 Å². The molecule has 8 nitrogen and oxygen atoms in total. The molecule has 152 valence electrons. The van der Waals surface area contributed by atoms with E-state index >= 15 is 0 Å². The Balaban J connectivity index is 1.57. The number of rotatable bonds is 4. The SMILES string of the molecule is Cc1cccc(C(=O)NCc2cccc3c2C(=O)N(C2CCC(=O)CC2=O)C3=O)n1. The maximum absolute atomic E-state index is 13.1. The van der Waals surface area contributed by atoms with Crippen LogP contribution in [0.4, 0.5) is 0 Å². The Morgan fingerprint density at radius 2 is 1.87 bits per heavy atom. The molecule has 1 aromatic heterocycles. The first-order chi connectivity index (χ1) is 14.4. The smallest absolute Gasteiger partial charge is 0.270 e. The average molecular weight is 405 g/mol. The van der Waals surface area contributed by atoms with Crippen LogP contribution in [0.1, 0.15) is 61.7 Å². The van der Waals surface area contributed by atoms with E-state index in [1.165, 1.54) is 6.07 Å². The van der Waals surface area contributed by atoms with E-state index in [4.69, 9.17) is 0 Å². The van der Waals surface area contributed by atoms with E-state index in [0.29, 0.717) is 11.3 Å². The largest absolute Gasteiger partial charge is 0.347 e. The standard InChI is InChI=1S/C22H19N3O5/c1-12-4-2-7-16(24-12)20(28)23-11-13-5-3-6-15-19(13)22(30)25(21(15)29)17-9-8-14(26)10-18(17)27/h2-7,17H,8-11H2,1H3,(H,23,28). The van der Waals surface area contributed by atoms with Gasteiger partial charge in [-0.15, -0.1) is 0 Å². The molecule has 1 N–H and O–H groups in total. The van der Waals surface area contributed by atoms with Gasteiger partial charge in [0.15, 0.2) is 5.78 Å². The normalized spacial score (nSPS) is 18.6. The number of aromatic nitrogens is 1. The molecular formula is C22H19N3O5. The lowest BCUT2D eigenvalue weighted by atomic mass is 9.92. The first kappa shape index (κ1) is 19.6. The lowest BCUT2D eigenvalue weighted by molar-refractivity contribution is -0.132. The van der Waals surface area contributed by atoms with Gasteiger partial charge in [-0.25, -0.2) is 4.98 Å². The third kappa shape index (κ3) is 3.41. The van der Waals surface area contributed by atoms with E-state index in [9.17, 15) is 24.0 Å². The fourth-order valence-corrected chi connectivity index (χ4v) is 3.87. The lowest BCUT2D eigenvalue weighted by Crippen LogP contribution is -2.47. The van der Waals surface area contributed by atoms with Gasteiger partial charge in [-0.3, -0.25) is 28.9 Å². The van der Waals surface area contributed by atoms with E-state index in [2.05, 4.69) is 10.3 Å². The third-order valence-electron chi connectivity index (χ3n) is 5.34. The minimum Gasteiger partial charge on any atom is -0.347 e. The molecule has 0 saturated heterocycles. The van der Waals surface area contributed by atoms with Crippen LogP contribution in [-0.4, -0.2) is 45.2 Å². The molecule has 1 atom stereocenters. The topological polar surface area (TPSA) is 114 Å². The highest BCUT2D eigenvalue weighted by Crippen LogP contribution is 2.31. The molecule has 2 heterocycles. The van der Waals surface area contributed by atoms with Crippen molar-refractivity contribution in [3.05, 3.63) is 64.5 Å². The molecule has 1 saturated carbocycles. The minimum atomic E-state index is -0.922. The number of fused-ring (bicyclic) bond motifs is 1. The Kier molecular flexibility index (Phi) is 4.99. The second-order valence-electron chi connectivity index (χ2n) is 7.40. The predicted octanol–water partition coefficient (Wildman–Crippen LogP) is 1.61. The Morgan fingerprint density at radius 3 is 2.60 bits per heavy atom. The number of aryl methyl sites for hydroxylation is 1. The molecule has 1 fully saturated rings. The number of Topliss-reactive ketones (excluding diaryl/α,β-unsaturated/α-hetero) is 2. The Labute approximate surface area is 172 Å². The van der Waals surface area contributed by atoms with Gasteiger partial charge in [0.25, 0.3) is 17.7 Å². The van der Waals surface area contributed by atoms with Crippen molar-refractivity contribution >= 4 is 29.3 Å². The summed E-state index contributed by atoms with van der Waals surface area (Å²) in [6, 6.07) is 8.99. The number of carbonyl (C=O) groups excluding carboxylic acids is 5. The van der Waals surface area contributed by atoms with Crippen LogP contribution in [0.5, 0.6) is 0 Å². The van der Waals surface area contributed by atoms with E-state index in [-0.39, 0.29) is 48.4 Å². The van der Waals surface area contributed by atoms with Crippen molar-refractivity contribution in [2.24, 2.45) is 0 Å². The zero-order valence-corrected chi connectivity index (χ0v) is 16.3. The summed E-state index contributed by atoms with van der Waals surface area (Å²) < 4.78 is 0. The quantitative estimate of drug-likeness (QED) is 0.611. The van der Waals surface area contributed by atoms with Gasteiger partial charge in [0.05, 0.1) is 23.6 Å². The molecule has 1 aliphatic carbocycles. The van der Waals surface area contributed by atoms with Gasteiger partial charge in [-0.2, -0.15) is 0 Å². The molecular weight excluding hydrogens is 386 g/mol. The number of hydrogen-bond acceptors (Lipinski definition) is 6. The maximum Gasteiger partial charge on any atom is 0.270 e. The Morgan fingerprint density at radius 1 is 1.10 bits per heavy atom. The van der Waals surface area contributed by atoms with Gasteiger partial charge in [-0.05, 0) is 37.1 Å². The number of pyridine rings is 1. The molecule has 4 rings (SSSR count). The summed E-state index contributed by atoms with van der Waals surface area (Å²) in [4.78, 5) is 67.2. The monoisotopic (exact) mass is 405 g/mol. The molecule has 1 aromatic carbocycles. The summed E-state index contributed by atoms with van der Waals surface area (Å²) in [5.74, 6) is -2.11. The zero-order valence-electron chi connectivity index (χ0n) is 16.3. The molecule has 0 bridgehead atoms. The highest BCUT2D eigenvalue weighted by Gasteiger charge is 2.45. The number of imide groups is 1. The van der Waals surface area contributed by atoms with E-state index in [1.54, 1.807) is 37.3 Å². The van der Waals surface area contributed by atoms with E-state index < -0.39 is 29.5 Å². The first-order valence-corrected chi connectivity index (χ1v) is 9.63. The van der Waals surface area contributed by atoms with Crippen molar-refractivity contribution in [3.63, 3.8) is 0 Å². The summed E-state index contributed by atoms with van der Waals surface area (Å²) in [5.41, 5.74) is 1.82. The summed E-state index contributed by atoms with van der Waals surface area (Å²) in [5, 5.41) is 2.72. The van der Waals surface area contributed by atoms with Gasteiger partial charge >= 0.3 is 0 Å². The first-order valence-electron chi connectivity index (χ1n) is 9.63. The fraction of sp³-hybridized carbons (Fsp3) is 0.273. The number of carbonyl (C=O) groups is 5. The molecule has 2 aliphatic rings. The van der Waals surface area contributed by atoms with Gasteiger partial charge in [0.1, 0.15) is 11.5 Å². The number of nitrogens with one attached hydrogen (secondary N) is 1. The summed E-state index contributed by atoms with van der Waals surface area (Å²) in [6.07, 6.45) is 0.0505. The molecule has 8 heteroatoms. The number of nitrogens with zero attached hydrogens (tertiary/aromatic N) is 2. The van der Waals surface area contributed by atoms with Crippen molar-refractivity contribution in [2.75, 3.05) is 0 Å². The Bertz CT molecular complexity index is 1110. The van der Waals surface area contributed by atoms with Crippen molar-refractivity contribution in [1.29, 1.82) is 0 Å². The fourth-order valence-electron chi connectivity index (χ4n) is 3.87. The van der Waals surface area contributed by atoms with Crippen molar-refractivity contribution in [3.8, 4) is 0 Å². The molecule has 1 aliphatic heterocycles. The molecule has 3 amide bonds. The summed E-state index contributed by atoms with van der Waals surface area (Å²) >= 11 is 0. The van der Waals surface area contributed by atoms with E-state index in [1.807, 2.05) is 0 Å². The van der Waals surface area contributed by atoms with Crippen LogP contribution in [0.3, 0.4) is 0 Å². The van der Waals surface area contributed by atoms with Gasteiger partial charge < -0.3 is 5.32 Å². The molecule has 2 aromatic rings. The van der Waals surface area contributed by atoms with Crippen LogP contribution >= 0.6 is 0 Å². The number of benzene rings is 1. The van der Waals surface area contributed by atoms with Crippen LogP contribution in [-0.2, 0) is 16.1 Å². The molecule has 1 unspecified atom stereocenters. The van der Waals surface area contributed by atoms with Crippen LogP contribution in [0, 0.1) is 6.92 Å². The number of amides is 3. The number of ketones is 2. The minimum absolute atomic E-state index is 0.0294. The highest BCUT2D eigenvalue weighted by molar-refractivity contribution is 6.24. The van der Waals surface area contributed by atoms with Crippen molar-refractivity contribution in [2.45, 2.75) is 38.8 Å². The maximum atomic E-state index is 13.1. The summed E-state index contributed by atoms with van der Waals surface area (Å²) in [7, 11) is 0. The third-order valence-corrected chi connectivity index (χ3v) is 5.34. The van der Waals surface area contributed by atoms with Crippen LogP contribution in [0.25, 0.3) is 0 Å². The second-order valence-corrected chi connectivity index (χ2v) is 7.40. The van der Waals surface area contributed by atoms with Gasteiger partial charge in [-0.1, -0.05) is 18.2 Å². The molecule has 30 heavy (non-hydrogen) atoms. The summed E-state index contributed by atoms with van der Waals surface area (Å²) in [6.45, 7) is 1.81. The van der Waals surface area contributed by atoms with Crippen molar-refractivity contribution in [1.82, 2.24) is 15.2 Å². The number of hydrogen-bond donors (Lipinski definition) is 1. The van der Waals surface area contributed by atoms with Gasteiger partial charge in [0.2, 0.25) is 0 Å². The Hall–Kier alpha value is -3.68. The molecule has 0 radical (unpaired) electrons. The lowest BCUT2D eigenvalue weighted by Gasteiger charge is -2.27. The van der Waals surface area contributed by atoms with Crippen LogP contribution in [0.15, 0.2) is 36.4 Å². The van der Waals surface area contributed by atoms with E-state index in [0.717, 1.165) is 4.90 Å². The second kappa shape index (κ2) is 7.62. The molecule has 0 spiro atoms. The predicted molar refractivity (Wildman–Crippen MR) is 105 cm³/mol. The van der Waals surface area contributed by atoms with Gasteiger partial charge in [0, 0.05) is 18.7 Å². The van der Waals surface area contributed by atoms with Crippen LogP contribution < -0.4 is 5.32 Å². The zero-order chi connectivity index (χ0) is 21.4. The van der Waals surface area contributed by atoms with Crippen LogP contribution in [0.2, 0.25) is 0 Å². The highest BCUT2D eigenvalue weighted by atomic mass is 16.2. The average Bonchev–Trinajstić information content (AvgIpc) is 2.97.